The van der Waals surface area contributed by atoms with Crippen molar-refractivity contribution in [3.05, 3.63) is 50.9 Å². The van der Waals surface area contributed by atoms with Crippen molar-refractivity contribution in [2.24, 2.45) is 5.92 Å². The predicted molar refractivity (Wildman–Crippen MR) is 122 cm³/mol. The monoisotopic (exact) mass is 442 g/mol. The van der Waals surface area contributed by atoms with Crippen molar-refractivity contribution in [3.8, 4) is 6.07 Å². The summed E-state index contributed by atoms with van der Waals surface area (Å²) in [5.41, 5.74) is 2.98. The second-order valence-electron chi connectivity index (χ2n) is 8.36. The fourth-order valence-corrected chi connectivity index (χ4v) is 5.87. The zero-order valence-electron chi connectivity index (χ0n) is 17.3. The zero-order chi connectivity index (χ0) is 21.1. The lowest BCUT2D eigenvalue weighted by molar-refractivity contribution is -0.117. The number of nitriles is 1. The lowest BCUT2D eigenvalue weighted by Crippen LogP contribution is -2.48. The highest BCUT2D eigenvalue weighted by molar-refractivity contribution is 7.16. The molecule has 30 heavy (non-hydrogen) atoms. The average molecular weight is 443 g/mol. The Morgan fingerprint density at radius 1 is 1.27 bits per heavy atom. The maximum Gasteiger partial charge on any atom is 0.239 e. The van der Waals surface area contributed by atoms with Crippen LogP contribution in [0, 0.1) is 17.2 Å². The quantitative estimate of drug-likeness (QED) is 0.755. The molecule has 1 aromatic carbocycles. The van der Waals surface area contributed by atoms with Gasteiger partial charge in [0.1, 0.15) is 11.1 Å². The molecule has 7 heteroatoms. The minimum absolute atomic E-state index is 0.0299. The number of carbonyl (C=O) groups excluding carboxylic acids is 1. The Labute approximate surface area is 187 Å². The van der Waals surface area contributed by atoms with Gasteiger partial charge in [-0.2, -0.15) is 5.26 Å². The molecule has 1 amide bonds. The average Bonchev–Trinajstić information content (AvgIpc) is 3.06. The number of carbonyl (C=O) groups is 1. The number of hydrogen-bond donors (Lipinski definition) is 1. The molecule has 2 heterocycles. The third-order valence-electron chi connectivity index (χ3n) is 6.06. The maximum absolute atomic E-state index is 12.7. The number of hydrogen-bond acceptors (Lipinski definition) is 5. The smallest absolute Gasteiger partial charge is 0.239 e. The van der Waals surface area contributed by atoms with E-state index >= 15 is 0 Å². The van der Waals surface area contributed by atoms with E-state index in [-0.39, 0.29) is 5.91 Å². The number of nitrogens with zero attached hydrogens (tertiary/aromatic N) is 3. The molecule has 0 radical (unpaired) electrons. The standard InChI is InChI=1S/C23H27ClN4OS/c1-16-6-7-18-19(13-25)23(30-21(18)12-16)26-22(29)15-28-10-8-27(9-11-28)14-17-4-2-3-5-20(17)24/h2-5,16H,6-12,14-15H2,1H3,(H,26,29). The van der Waals surface area contributed by atoms with Gasteiger partial charge in [0.05, 0.1) is 12.1 Å². The molecule has 1 aliphatic heterocycles. The SMILES string of the molecule is CC1CCc2c(sc(NC(=O)CN3CCN(Cc4ccccc4Cl)CC3)c2C#N)C1. The number of halogens is 1. The molecule has 1 aromatic heterocycles. The fraction of sp³-hybridized carbons (Fsp3) is 0.478. The second kappa shape index (κ2) is 9.49. The highest BCUT2D eigenvalue weighted by Crippen LogP contribution is 2.39. The lowest BCUT2D eigenvalue weighted by Gasteiger charge is -2.34. The van der Waals surface area contributed by atoms with Crippen LogP contribution in [-0.4, -0.2) is 48.4 Å². The highest BCUT2D eigenvalue weighted by atomic mass is 35.5. The van der Waals surface area contributed by atoms with Crippen LogP contribution in [-0.2, 0) is 24.2 Å². The fourth-order valence-electron chi connectivity index (χ4n) is 4.30. The Morgan fingerprint density at radius 3 is 2.73 bits per heavy atom. The Hall–Kier alpha value is -1.91. The number of amides is 1. The minimum atomic E-state index is -0.0299. The molecule has 0 saturated carbocycles. The van der Waals surface area contributed by atoms with E-state index in [1.54, 1.807) is 11.3 Å². The van der Waals surface area contributed by atoms with Gasteiger partial charge in [-0.25, -0.2) is 0 Å². The summed E-state index contributed by atoms with van der Waals surface area (Å²) in [5.74, 6) is 0.617. The molecule has 1 aliphatic carbocycles. The summed E-state index contributed by atoms with van der Waals surface area (Å²) in [7, 11) is 0. The molecular weight excluding hydrogens is 416 g/mol. The van der Waals surface area contributed by atoms with E-state index in [4.69, 9.17) is 11.6 Å². The normalized spacial score (nSPS) is 19.8. The molecule has 1 atom stereocenters. The van der Waals surface area contributed by atoms with Crippen LogP contribution in [0.25, 0.3) is 0 Å². The summed E-state index contributed by atoms with van der Waals surface area (Å²) >= 11 is 7.87. The van der Waals surface area contributed by atoms with Gasteiger partial charge >= 0.3 is 0 Å². The highest BCUT2D eigenvalue weighted by Gasteiger charge is 2.25. The van der Waals surface area contributed by atoms with Crippen LogP contribution >= 0.6 is 22.9 Å². The molecule has 5 nitrogen and oxygen atoms in total. The molecule has 1 unspecified atom stereocenters. The van der Waals surface area contributed by atoms with Crippen molar-refractivity contribution in [1.82, 2.24) is 9.80 Å². The third kappa shape index (κ3) is 4.87. The van der Waals surface area contributed by atoms with Crippen LogP contribution in [0.15, 0.2) is 24.3 Å². The van der Waals surface area contributed by atoms with Gasteiger partial charge in [0.25, 0.3) is 0 Å². The van der Waals surface area contributed by atoms with E-state index in [9.17, 15) is 10.1 Å². The molecule has 0 spiro atoms. The van der Waals surface area contributed by atoms with Crippen molar-refractivity contribution in [3.63, 3.8) is 0 Å². The number of thiophene rings is 1. The molecule has 2 aromatic rings. The molecule has 0 bridgehead atoms. The van der Waals surface area contributed by atoms with Gasteiger partial charge in [0, 0.05) is 42.6 Å². The summed E-state index contributed by atoms with van der Waals surface area (Å²) in [6.45, 7) is 6.97. The van der Waals surface area contributed by atoms with E-state index in [1.165, 1.54) is 4.88 Å². The van der Waals surface area contributed by atoms with E-state index in [0.717, 1.165) is 73.1 Å². The van der Waals surface area contributed by atoms with Crippen molar-refractivity contribution in [2.75, 3.05) is 38.0 Å². The Balaban J connectivity index is 1.30. The maximum atomic E-state index is 12.7. The first-order valence-electron chi connectivity index (χ1n) is 10.6. The van der Waals surface area contributed by atoms with E-state index in [0.29, 0.717) is 18.0 Å². The largest absolute Gasteiger partial charge is 0.315 e. The minimum Gasteiger partial charge on any atom is -0.315 e. The number of rotatable bonds is 5. The first-order valence-corrected chi connectivity index (χ1v) is 11.8. The van der Waals surface area contributed by atoms with Crippen LogP contribution in [0.5, 0.6) is 0 Å². The van der Waals surface area contributed by atoms with Gasteiger partial charge in [-0.1, -0.05) is 36.7 Å². The summed E-state index contributed by atoms with van der Waals surface area (Å²) in [5, 5.41) is 14.2. The van der Waals surface area contributed by atoms with Crippen LogP contribution in [0.1, 0.15) is 34.9 Å². The molecule has 1 N–H and O–H groups in total. The molecule has 1 saturated heterocycles. The van der Waals surface area contributed by atoms with Gasteiger partial charge in [-0.15, -0.1) is 11.3 Å². The summed E-state index contributed by atoms with van der Waals surface area (Å²) in [6, 6.07) is 10.3. The van der Waals surface area contributed by atoms with Crippen LogP contribution in [0.4, 0.5) is 5.00 Å². The Bertz CT molecular complexity index is 959. The second-order valence-corrected chi connectivity index (χ2v) is 9.87. The van der Waals surface area contributed by atoms with E-state index in [1.807, 2.05) is 18.2 Å². The van der Waals surface area contributed by atoms with Crippen molar-refractivity contribution in [2.45, 2.75) is 32.7 Å². The van der Waals surface area contributed by atoms with Crippen molar-refractivity contribution in [1.29, 1.82) is 5.26 Å². The van der Waals surface area contributed by atoms with E-state index < -0.39 is 0 Å². The third-order valence-corrected chi connectivity index (χ3v) is 7.60. The van der Waals surface area contributed by atoms with Gasteiger partial charge in [0.15, 0.2) is 0 Å². The topological polar surface area (TPSA) is 59.4 Å². The number of fused-ring (bicyclic) bond motifs is 1. The van der Waals surface area contributed by atoms with Crippen molar-refractivity contribution >= 4 is 33.8 Å². The predicted octanol–water partition coefficient (Wildman–Crippen LogP) is 4.15. The van der Waals surface area contributed by atoms with E-state index in [2.05, 4.69) is 34.2 Å². The summed E-state index contributed by atoms with van der Waals surface area (Å²) in [4.78, 5) is 18.5. The van der Waals surface area contributed by atoms with Gasteiger partial charge in [-0.05, 0) is 42.4 Å². The summed E-state index contributed by atoms with van der Waals surface area (Å²) < 4.78 is 0. The van der Waals surface area contributed by atoms with Crippen LogP contribution in [0.2, 0.25) is 5.02 Å². The van der Waals surface area contributed by atoms with Crippen LogP contribution < -0.4 is 5.32 Å². The molecule has 4 rings (SSSR count). The molecule has 2 aliphatic rings. The number of anilines is 1. The number of benzene rings is 1. The number of nitrogens with one attached hydrogen (secondary N) is 1. The van der Waals surface area contributed by atoms with Gasteiger partial charge < -0.3 is 5.32 Å². The van der Waals surface area contributed by atoms with Gasteiger partial charge in [0.2, 0.25) is 5.91 Å². The lowest BCUT2D eigenvalue weighted by atomic mass is 9.89. The summed E-state index contributed by atoms with van der Waals surface area (Å²) in [6.07, 6.45) is 3.07. The first-order chi connectivity index (χ1) is 14.5. The van der Waals surface area contributed by atoms with Crippen molar-refractivity contribution < 1.29 is 4.79 Å². The first kappa shape index (κ1) is 21.3. The van der Waals surface area contributed by atoms with Crippen LogP contribution in [0.3, 0.4) is 0 Å². The zero-order valence-corrected chi connectivity index (χ0v) is 18.9. The Morgan fingerprint density at radius 2 is 2.00 bits per heavy atom. The van der Waals surface area contributed by atoms with Gasteiger partial charge in [-0.3, -0.25) is 14.6 Å². The Kier molecular flexibility index (Phi) is 6.74. The molecule has 158 valence electrons. The molecular formula is C23H27ClN4OS. The molecule has 1 fully saturated rings. The number of piperazine rings is 1.